The molecule has 1 unspecified atom stereocenters. The molecule has 1 aliphatic rings. The predicted octanol–water partition coefficient (Wildman–Crippen LogP) is 1.27. The summed E-state index contributed by atoms with van der Waals surface area (Å²) in [5.41, 5.74) is 0.941. The number of nitrogens with zero attached hydrogens (tertiary/aromatic N) is 2. The molecule has 1 saturated heterocycles. The topological polar surface area (TPSA) is 83.0 Å². The Hall–Kier alpha value is -0.910. The molecule has 7 nitrogen and oxygen atoms in total. The van der Waals surface area contributed by atoms with Gasteiger partial charge in [0, 0.05) is 46.3 Å². The van der Waals surface area contributed by atoms with Gasteiger partial charge >= 0.3 is 0 Å². The van der Waals surface area contributed by atoms with Crippen molar-refractivity contribution >= 4 is 40.0 Å². The summed E-state index contributed by atoms with van der Waals surface area (Å²) in [6.45, 7) is 3.16. The van der Waals surface area contributed by atoms with E-state index in [9.17, 15) is 8.42 Å². The molecule has 2 rings (SSSR count). The highest BCUT2D eigenvalue weighted by Gasteiger charge is 2.24. The lowest BCUT2D eigenvalue weighted by molar-refractivity contribution is 0.157. The lowest BCUT2D eigenvalue weighted by atomic mass is 10.1. The Bertz CT molecular complexity index is 655. The van der Waals surface area contributed by atoms with Crippen molar-refractivity contribution in [2.45, 2.75) is 13.0 Å². The number of hydrogen-bond acceptors (Lipinski definition) is 4. The largest absolute Gasteiger partial charge is 0.384 e. The summed E-state index contributed by atoms with van der Waals surface area (Å²) in [7, 11) is 0.0952. The van der Waals surface area contributed by atoms with Crippen LogP contribution in [0.4, 0.5) is 0 Å². The maximum absolute atomic E-state index is 12.1. The number of halogens is 1. The summed E-state index contributed by atoms with van der Waals surface area (Å²) in [5.74, 6) is 1.26. The number of ether oxygens (including phenoxy) is 1. The van der Waals surface area contributed by atoms with E-state index in [4.69, 9.17) is 4.74 Å². The molecular weight excluding hydrogens is 467 g/mol. The Balaban J connectivity index is 0.00000338. The van der Waals surface area contributed by atoms with E-state index in [1.165, 1.54) is 0 Å². The highest BCUT2D eigenvalue weighted by atomic mass is 127. The average Bonchev–Trinajstić information content (AvgIpc) is 3.07. The van der Waals surface area contributed by atoms with Crippen LogP contribution in [0.5, 0.6) is 0 Å². The van der Waals surface area contributed by atoms with E-state index in [1.807, 2.05) is 30.3 Å². The van der Waals surface area contributed by atoms with Gasteiger partial charge < -0.3 is 15.0 Å². The molecular formula is C17H29IN4O3S. The van der Waals surface area contributed by atoms with E-state index in [1.54, 1.807) is 14.2 Å². The van der Waals surface area contributed by atoms with Crippen LogP contribution in [0.3, 0.4) is 0 Å². The monoisotopic (exact) mass is 496 g/mol. The zero-order chi connectivity index (χ0) is 18.1. The minimum absolute atomic E-state index is 0. The van der Waals surface area contributed by atoms with E-state index in [-0.39, 0.29) is 29.7 Å². The third-order valence-electron chi connectivity index (χ3n) is 4.19. The van der Waals surface area contributed by atoms with Crippen molar-refractivity contribution < 1.29 is 13.2 Å². The number of nitrogens with one attached hydrogen (secondary N) is 2. The average molecular weight is 496 g/mol. The van der Waals surface area contributed by atoms with Crippen LogP contribution in [-0.2, 0) is 21.3 Å². The highest BCUT2D eigenvalue weighted by Crippen LogP contribution is 2.16. The maximum atomic E-state index is 12.1. The number of methoxy groups -OCH3 is 1. The maximum Gasteiger partial charge on any atom is 0.213 e. The van der Waals surface area contributed by atoms with Gasteiger partial charge in [0.05, 0.1) is 12.4 Å². The van der Waals surface area contributed by atoms with Gasteiger partial charge in [0.2, 0.25) is 10.0 Å². The molecule has 0 spiro atoms. The van der Waals surface area contributed by atoms with Crippen molar-refractivity contribution in [2.24, 2.45) is 10.9 Å². The summed E-state index contributed by atoms with van der Waals surface area (Å²) in [4.78, 5) is 6.40. The number of aliphatic imine (C=N–C) groups is 1. The van der Waals surface area contributed by atoms with E-state index >= 15 is 0 Å². The number of rotatable bonds is 8. The summed E-state index contributed by atoms with van der Waals surface area (Å²) in [6, 6.07) is 9.48. The molecule has 26 heavy (non-hydrogen) atoms. The summed E-state index contributed by atoms with van der Waals surface area (Å²) < 4.78 is 32.0. The number of hydrogen-bond donors (Lipinski definition) is 2. The molecule has 0 aromatic heterocycles. The van der Waals surface area contributed by atoms with Gasteiger partial charge in [-0.05, 0) is 12.0 Å². The van der Waals surface area contributed by atoms with Gasteiger partial charge in [-0.15, -0.1) is 24.0 Å². The number of likely N-dealkylation sites (tertiary alicyclic amines) is 1. The molecule has 1 fully saturated rings. The molecule has 0 aliphatic carbocycles. The Labute approximate surface area is 173 Å². The lowest BCUT2D eigenvalue weighted by Gasteiger charge is -2.21. The van der Waals surface area contributed by atoms with Gasteiger partial charge in [-0.1, -0.05) is 30.3 Å². The van der Waals surface area contributed by atoms with Crippen molar-refractivity contribution in [3.05, 3.63) is 35.9 Å². The minimum atomic E-state index is -3.33. The number of guanidine groups is 1. The molecule has 1 atom stereocenters. The van der Waals surface area contributed by atoms with Gasteiger partial charge in [-0.25, -0.2) is 13.1 Å². The smallest absolute Gasteiger partial charge is 0.213 e. The molecule has 1 aromatic rings. The highest BCUT2D eigenvalue weighted by molar-refractivity contribution is 14.0. The molecule has 0 saturated carbocycles. The van der Waals surface area contributed by atoms with Crippen LogP contribution < -0.4 is 10.0 Å². The second-order valence-corrected chi connectivity index (χ2v) is 8.08. The third kappa shape index (κ3) is 7.77. The van der Waals surface area contributed by atoms with Crippen LogP contribution in [0, 0.1) is 5.92 Å². The van der Waals surface area contributed by atoms with Crippen molar-refractivity contribution in [1.29, 1.82) is 0 Å². The standard InChI is InChI=1S/C17H28N4O3S.HI/c1-18-17(21-10-8-16(13-21)14-24-2)19-9-11-25(22,23)20-12-15-6-4-3-5-7-15;/h3-7,16,20H,8-14H2,1-2H3,(H,18,19);1H. The fourth-order valence-electron chi connectivity index (χ4n) is 2.89. The molecule has 0 amide bonds. The summed E-state index contributed by atoms with van der Waals surface area (Å²) in [6.07, 6.45) is 1.06. The number of benzene rings is 1. The first kappa shape index (κ1) is 23.1. The lowest BCUT2D eigenvalue weighted by Crippen LogP contribution is -2.43. The van der Waals surface area contributed by atoms with Crippen LogP contribution in [0.25, 0.3) is 0 Å². The molecule has 2 N–H and O–H groups in total. The zero-order valence-corrected chi connectivity index (χ0v) is 18.5. The van der Waals surface area contributed by atoms with E-state index in [2.05, 4.69) is 19.9 Å². The van der Waals surface area contributed by atoms with Gasteiger partial charge in [0.25, 0.3) is 0 Å². The Morgan fingerprint density at radius 1 is 1.35 bits per heavy atom. The van der Waals surface area contributed by atoms with Gasteiger partial charge in [-0.2, -0.15) is 0 Å². The second kappa shape index (κ2) is 11.7. The van der Waals surface area contributed by atoms with Crippen molar-refractivity contribution in [3.8, 4) is 0 Å². The normalized spacial score (nSPS) is 17.8. The molecule has 0 bridgehead atoms. The Morgan fingerprint density at radius 3 is 2.73 bits per heavy atom. The molecule has 1 aromatic carbocycles. The fraction of sp³-hybridized carbons (Fsp3) is 0.588. The number of sulfonamides is 1. The van der Waals surface area contributed by atoms with E-state index in [0.717, 1.165) is 37.6 Å². The Morgan fingerprint density at radius 2 is 2.08 bits per heavy atom. The fourth-order valence-corrected chi connectivity index (χ4v) is 3.79. The SMILES string of the molecule is CN=C(NCCS(=O)(=O)NCc1ccccc1)N1CCC(COC)C1.I. The minimum Gasteiger partial charge on any atom is -0.384 e. The van der Waals surface area contributed by atoms with Gasteiger partial charge in [-0.3, -0.25) is 4.99 Å². The molecule has 1 heterocycles. The van der Waals surface area contributed by atoms with Crippen molar-refractivity contribution in [2.75, 3.05) is 46.2 Å². The molecule has 0 radical (unpaired) electrons. The predicted molar refractivity (Wildman–Crippen MR) is 115 cm³/mol. The third-order valence-corrected chi connectivity index (χ3v) is 5.52. The van der Waals surface area contributed by atoms with Crippen LogP contribution >= 0.6 is 24.0 Å². The van der Waals surface area contributed by atoms with E-state index < -0.39 is 10.0 Å². The second-order valence-electron chi connectivity index (χ2n) is 6.16. The first-order chi connectivity index (χ1) is 12.0. The van der Waals surface area contributed by atoms with Crippen LogP contribution in [-0.4, -0.2) is 65.4 Å². The molecule has 148 valence electrons. The summed E-state index contributed by atoms with van der Waals surface area (Å²) >= 11 is 0. The molecule has 9 heteroatoms. The van der Waals surface area contributed by atoms with Gasteiger partial charge in [0.1, 0.15) is 0 Å². The van der Waals surface area contributed by atoms with Crippen LogP contribution in [0.1, 0.15) is 12.0 Å². The van der Waals surface area contributed by atoms with Crippen molar-refractivity contribution in [1.82, 2.24) is 14.9 Å². The van der Waals surface area contributed by atoms with Crippen LogP contribution in [0.2, 0.25) is 0 Å². The first-order valence-corrected chi connectivity index (χ1v) is 10.1. The van der Waals surface area contributed by atoms with Crippen molar-refractivity contribution in [3.63, 3.8) is 0 Å². The summed E-state index contributed by atoms with van der Waals surface area (Å²) in [5, 5.41) is 3.14. The first-order valence-electron chi connectivity index (χ1n) is 8.50. The zero-order valence-electron chi connectivity index (χ0n) is 15.3. The molecule has 1 aliphatic heterocycles. The van der Waals surface area contributed by atoms with E-state index in [0.29, 0.717) is 19.0 Å². The Kier molecular flexibility index (Phi) is 10.4. The quantitative estimate of drug-likeness (QED) is 0.322. The van der Waals surface area contributed by atoms with Crippen LogP contribution in [0.15, 0.2) is 35.3 Å². The van der Waals surface area contributed by atoms with Gasteiger partial charge in [0.15, 0.2) is 5.96 Å².